The van der Waals surface area contributed by atoms with E-state index in [0.29, 0.717) is 44.7 Å². The molecule has 1 aromatic rings. The number of halogens is 2. The second-order valence-electron chi connectivity index (χ2n) is 8.34. The van der Waals surface area contributed by atoms with Crippen LogP contribution in [0.1, 0.15) is 30.9 Å². The van der Waals surface area contributed by atoms with Crippen LogP contribution in [0.2, 0.25) is 0 Å². The summed E-state index contributed by atoms with van der Waals surface area (Å²) >= 11 is 0. The smallest absolute Gasteiger partial charge is 0.147 e. The highest BCUT2D eigenvalue weighted by Crippen LogP contribution is 2.44. The standard InChI is InChI=1S/C20H31F2N5O/c1-3-28-10-18(23)15-8-25(9-17(15)22)20-12(2)19-13(6-16(20)21)7-26(24)11-27(19)14-4-5-14/h6,14-15,17-18H,3-5,7-11,23-24H2,1-2H3/t15-,17-,18+/m0/s1. The Morgan fingerprint density at radius 3 is 2.71 bits per heavy atom. The summed E-state index contributed by atoms with van der Waals surface area (Å²) in [6.45, 7) is 6.42. The molecular weight excluding hydrogens is 364 g/mol. The molecule has 8 heteroatoms. The second kappa shape index (κ2) is 7.74. The molecule has 2 aliphatic heterocycles. The van der Waals surface area contributed by atoms with Crippen molar-refractivity contribution < 1.29 is 13.5 Å². The highest BCUT2D eigenvalue weighted by Gasteiger charge is 2.40. The van der Waals surface area contributed by atoms with Crippen LogP contribution in [0, 0.1) is 18.7 Å². The fraction of sp³-hybridized carbons (Fsp3) is 0.700. The molecule has 1 aliphatic carbocycles. The van der Waals surface area contributed by atoms with E-state index in [1.54, 1.807) is 11.1 Å². The van der Waals surface area contributed by atoms with Crippen molar-refractivity contribution in [1.82, 2.24) is 5.01 Å². The minimum Gasteiger partial charge on any atom is -0.380 e. The third-order valence-electron chi connectivity index (χ3n) is 6.20. The second-order valence-corrected chi connectivity index (χ2v) is 8.34. The van der Waals surface area contributed by atoms with Crippen LogP contribution in [-0.4, -0.2) is 56.2 Å². The van der Waals surface area contributed by atoms with Crippen molar-refractivity contribution in [1.29, 1.82) is 0 Å². The predicted octanol–water partition coefficient (Wildman–Crippen LogP) is 1.89. The highest BCUT2D eigenvalue weighted by molar-refractivity contribution is 5.73. The van der Waals surface area contributed by atoms with E-state index in [1.165, 1.54) is 0 Å². The van der Waals surface area contributed by atoms with Crippen LogP contribution in [0.25, 0.3) is 0 Å². The number of fused-ring (bicyclic) bond motifs is 1. The minimum absolute atomic E-state index is 0.160. The number of hydrogen-bond acceptors (Lipinski definition) is 6. The first kappa shape index (κ1) is 19.8. The zero-order valence-corrected chi connectivity index (χ0v) is 16.7. The van der Waals surface area contributed by atoms with Crippen molar-refractivity contribution in [3.8, 4) is 0 Å². The van der Waals surface area contributed by atoms with Crippen LogP contribution in [0.4, 0.5) is 20.2 Å². The number of nitrogens with two attached hydrogens (primary N) is 2. The Balaban J connectivity index is 1.63. The van der Waals surface area contributed by atoms with Gasteiger partial charge in [0.2, 0.25) is 0 Å². The van der Waals surface area contributed by atoms with Crippen LogP contribution in [0.15, 0.2) is 6.07 Å². The molecule has 2 heterocycles. The lowest BCUT2D eigenvalue weighted by Crippen LogP contribution is -2.47. The third kappa shape index (κ3) is 3.58. The molecule has 4 rings (SSSR count). The van der Waals surface area contributed by atoms with Crippen molar-refractivity contribution in [3.63, 3.8) is 0 Å². The Morgan fingerprint density at radius 2 is 2.04 bits per heavy atom. The van der Waals surface area contributed by atoms with E-state index in [-0.39, 0.29) is 18.3 Å². The summed E-state index contributed by atoms with van der Waals surface area (Å²) in [4.78, 5) is 4.10. The van der Waals surface area contributed by atoms with Gasteiger partial charge in [-0.05, 0) is 43.9 Å². The van der Waals surface area contributed by atoms with Crippen molar-refractivity contribution in [2.75, 3.05) is 42.8 Å². The Hall–Kier alpha value is -1.48. The molecule has 3 atom stereocenters. The first-order chi connectivity index (χ1) is 13.4. The van der Waals surface area contributed by atoms with Crippen LogP contribution >= 0.6 is 0 Å². The fourth-order valence-corrected chi connectivity index (χ4v) is 4.70. The molecular formula is C20H31F2N5O. The summed E-state index contributed by atoms with van der Waals surface area (Å²) in [5, 5.41) is 1.72. The summed E-state index contributed by atoms with van der Waals surface area (Å²) in [5.41, 5.74) is 9.50. The van der Waals surface area contributed by atoms with E-state index in [2.05, 4.69) is 4.90 Å². The Bertz CT molecular complexity index is 729. The van der Waals surface area contributed by atoms with Gasteiger partial charge >= 0.3 is 0 Å². The number of hydrogen-bond donors (Lipinski definition) is 2. The summed E-state index contributed by atoms with van der Waals surface area (Å²) in [6, 6.07) is 1.64. The van der Waals surface area contributed by atoms with Crippen LogP contribution in [0.3, 0.4) is 0 Å². The minimum atomic E-state index is -1.09. The molecule has 1 saturated heterocycles. The zero-order valence-electron chi connectivity index (χ0n) is 16.7. The van der Waals surface area contributed by atoms with E-state index in [0.717, 1.165) is 29.7 Å². The summed E-state index contributed by atoms with van der Waals surface area (Å²) in [6.07, 6.45) is 1.16. The SMILES string of the molecule is CCOC[C@@H](N)[C@H]1CN(c2c(F)cc3c(c2C)N(C2CC2)CN(N)C3)C[C@@H]1F. The molecule has 1 saturated carbocycles. The molecule has 0 radical (unpaired) electrons. The number of rotatable bonds is 6. The fourth-order valence-electron chi connectivity index (χ4n) is 4.70. The number of ether oxygens (including phenoxy) is 1. The molecule has 28 heavy (non-hydrogen) atoms. The Labute approximate surface area is 165 Å². The van der Waals surface area contributed by atoms with Gasteiger partial charge in [0.05, 0.1) is 19.0 Å². The van der Waals surface area contributed by atoms with Gasteiger partial charge in [0.25, 0.3) is 0 Å². The van der Waals surface area contributed by atoms with E-state index in [4.69, 9.17) is 16.3 Å². The molecule has 0 aromatic heterocycles. The van der Waals surface area contributed by atoms with Gasteiger partial charge in [-0.25, -0.2) is 13.8 Å². The first-order valence-corrected chi connectivity index (χ1v) is 10.2. The average molecular weight is 395 g/mol. The molecule has 4 N–H and O–H groups in total. The Morgan fingerprint density at radius 1 is 1.29 bits per heavy atom. The summed E-state index contributed by atoms with van der Waals surface area (Å²) < 4.78 is 35.2. The molecule has 6 nitrogen and oxygen atoms in total. The quantitative estimate of drug-likeness (QED) is 0.717. The largest absolute Gasteiger partial charge is 0.380 e. The van der Waals surface area contributed by atoms with Gasteiger partial charge in [0.15, 0.2) is 0 Å². The molecule has 0 amide bonds. The van der Waals surface area contributed by atoms with E-state index in [1.807, 2.05) is 18.7 Å². The normalized spacial score (nSPS) is 26.6. The van der Waals surface area contributed by atoms with Gasteiger partial charge in [-0.2, -0.15) is 0 Å². The maximum absolute atomic E-state index is 15.1. The Kier molecular flexibility index (Phi) is 5.48. The number of nitrogens with zero attached hydrogens (tertiary/aromatic N) is 3. The van der Waals surface area contributed by atoms with Crippen LogP contribution in [-0.2, 0) is 11.3 Å². The zero-order chi connectivity index (χ0) is 20.0. The maximum atomic E-state index is 15.1. The maximum Gasteiger partial charge on any atom is 0.147 e. The van der Waals surface area contributed by atoms with Crippen molar-refractivity contribution in [3.05, 3.63) is 23.0 Å². The summed E-state index contributed by atoms with van der Waals surface area (Å²) in [5.74, 6) is 5.39. The van der Waals surface area contributed by atoms with Gasteiger partial charge in [0.1, 0.15) is 12.0 Å². The highest BCUT2D eigenvalue weighted by atomic mass is 19.1. The van der Waals surface area contributed by atoms with E-state index in [9.17, 15) is 4.39 Å². The monoisotopic (exact) mass is 395 g/mol. The molecule has 2 fully saturated rings. The molecule has 1 aromatic carbocycles. The average Bonchev–Trinajstić information content (AvgIpc) is 3.41. The molecule has 3 aliphatic rings. The van der Waals surface area contributed by atoms with Gasteiger partial charge in [-0.3, -0.25) is 5.84 Å². The molecule has 0 spiro atoms. The van der Waals surface area contributed by atoms with Crippen molar-refractivity contribution >= 4 is 11.4 Å². The molecule has 0 unspecified atom stereocenters. The molecule has 0 bridgehead atoms. The number of hydrazine groups is 1. The lowest BCUT2D eigenvalue weighted by molar-refractivity contribution is 0.105. The number of alkyl halides is 1. The van der Waals surface area contributed by atoms with Gasteiger partial charge in [-0.15, -0.1) is 0 Å². The van der Waals surface area contributed by atoms with Crippen molar-refractivity contribution in [2.45, 2.75) is 51.5 Å². The van der Waals surface area contributed by atoms with Crippen LogP contribution < -0.4 is 21.4 Å². The van der Waals surface area contributed by atoms with Gasteiger partial charge in [0, 0.05) is 49.9 Å². The predicted molar refractivity (Wildman–Crippen MR) is 106 cm³/mol. The summed E-state index contributed by atoms with van der Waals surface area (Å²) in [7, 11) is 0. The van der Waals surface area contributed by atoms with Crippen molar-refractivity contribution in [2.24, 2.45) is 17.5 Å². The number of anilines is 2. The van der Waals surface area contributed by atoms with E-state index >= 15 is 4.39 Å². The number of benzene rings is 1. The topological polar surface area (TPSA) is 71.0 Å². The first-order valence-electron chi connectivity index (χ1n) is 10.2. The molecule has 156 valence electrons. The lowest BCUT2D eigenvalue weighted by Gasteiger charge is -2.39. The van der Waals surface area contributed by atoms with Crippen LogP contribution in [0.5, 0.6) is 0 Å². The lowest BCUT2D eigenvalue weighted by atomic mass is 9.98. The van der Waals surface area contributed by atoms with Gasteiger partial charge < -0.3 is 20.3 Å². The third-order valence-corrected chi connectivity index (χ3v) is 6.20. The van der Waals surface area contributed by atoms with E-state index < -0.39 is 12.2 Å². The van der Waals surface area contributed by atoms with Gasteiger partial charge in [-0.1, -0.05) is 0 Å².